The molecule has 3 N–H and O–H groups in total. The summed E-state index contributed by atoms with van der Waals surface area (Å²) in [5.74, 6) is 0.863. The molecule has 1 heterocycles. The van der Waals surface area contributed by atoms with Gasteiger partial charge in [-0.1, -0.05) is 0 Å². The number of hydrogen-bond acceptors (Lipinski definition) is 5. The lowest BCUT2D eigenvalue weighted by molar-refractivity contribution is 0.125. The van der Waals surface area contributed by atoms with Gasteiger partial charge in [0.25, 0.3) is 0 Å². The molecule has 1 aromatic heterocycles. The maximum absolute atomic E-state index is 9.30. The summed E-state index contributed by atoms with van der Waals surface area (Å²) in [7, 11) is 0. The quantitative estimate of drug-likeness (QED) is 0.803. The molecular weight excluding hydrogens is 284 g/mol. The van der Waals surface area contributed by atoms with E-state index in [0.29, 0.717) is 12.3 Å². The van der Waals surface area contributed by atoms with Crippen LogP contribution in [0.1, 0.15) is 4.88 Å². The van der Waals surface area contributed by atoms with Gasteiger partial charge in [-0.3, -0.25) is 0 Å². The molecule has 1 aromatic carbocycles. The Balaban J connectivity index is 2.01. The highest BCUT2D eigenvalue weighted by molar-refractivity contribution is 7.15. The largest absolute Gasteiger partial charge is 0.491 e. The van der Waals surface area contributed by atoms with Gasteiger partial charge in [-0.2, -0.15) is 0 Å². The van der Waals surface area contributed by atoms with Crippen molar-refractivity contribution in [3.8, 4) is 16.3 Å². The number of nitrogens with two attached hydrogens (primary N) is 1. The van der Waals surface area contributed by atoms with E-state index in [2.05, 4.69) is 4.98 Å². The number of thiazole rings is 1. The summed E-state index contributed by atoms with van der Waals surface area (Å²) < 4.78 is 5.40. The van der Waals surface area contributed by atoms with Crippen LogP contribution < -0.4 is 10.5 Å². The van der Waals surface area contributed by atoms with Crippen molar-refractivity contribution in [1.82, 2.24) is 4.98 Å². The van der Waals surface area contributed by atoms with Crippen LogP contribution in [0.25, 0.3) is 10.6 Å². The minimum Gasteiger partial charge on any atom is -0.491 e. The molecule has 0 aliphatic carbocycles. The zero-order chi connectivity index (χ0) is 13.7. The predicted octanol–water partition coefficient (Wildman–Crippen LogP) is 2.25. The van der Waals surface area contributed by atoms with Crippen LogP contribution in [0.2, 0.25) is 0 Å². The Morgan fingerprint density at radius 1 is 1.37 bits per heavy atom. The second-order valence-corrected chi connectivity index (χ2v) is 5.40. The number of ether oxygens (including phenoxy) is 1. The Labute approximate surface area is 120 Å². The molecule has 0 saturated heterocycles. The van der Waals surface area contributed by atoms with Crippen LogP contribution in [0.5, 0.6) is 5.75 Å². The van der Waals surface area contributed by atoms with Crippen LogP contribution >= 0.6 is 22.9 Å². The third-order valence-electron chi connectivity index (χ3n) is 2.48. The zero-order valence-corrected chi connectivity index (χ0v) is 11.8. The molecule has 1 atom stereocenters. The molecular formula is C13H15ClN2O2S. The number of hydrogen-bond donors (Lipinski definition) is 2. The van der Waals surface area contributed by atoms with Gasteiger partial charge in [-0.05, 0) is 24.3 Å². The Hall–Kier alpha value is -1.14. The van der Waals surface area contributed by atoms with E-state index in [4.69, 9.17) is 22.1 Å². The topological polar surface area (TPSA) is 68.4 Å². The molecule has 0 amide bonds. The number of alkyl halides is 1. The summed E-state index contributed by atoms with van der Waals surface area (Å²) in [6, 6.07) is 7.56. The van der Waals surface area contributed by atoms with Crippen LogP contribution in [-0.2, 0) is 6.54 Å². The zero-order valence-electron chi connectivity index (χ0n) is 10.3. The van der Waals surface area contributed by atoms with Crippen molar-refractivity contribution in [1.29, 1.82) is 0 Å². The van der Waals surface area contributed by atoms with Crippen molar-refractivity contribution in [2.75, 3.05) is 12.5 Å². The molecule has 2 aromatic rings. The molecule has 0 saturated carbocycles. The second-order valence-electron chi connectivity index (χ2n) is 3.98. The molecule has 4 nitrogen and oxygen atoms in total. The van der Waals surface area contributed by atoms with E-state index in [-0.39, 0.29) is 12.5 Å². The fourth-order valence-corrected chi connectivity index (χ4v) is 2.35. The highest BCUT2D eigenvalue weighted by Crippen LogP contribution is 2.26. The van der Waals surface area contributed by atoms with Crippen LogP contribution in [0.15, 0.2) is 30.5 Å². The summed E-state index contributed by atoms with van der Waals surface area (Å²) in [4.78, 5) is 5.37. The van der Waals surface area contributed by atoms with E-state index in [9.17, 15) is 5.11 Å². The third kappa shape index (κ3) is 3.91. The van der Waals surface area contributed by atoms with Gasteiger partial charge < -0.3 is 15.6 Å². The SMILES string of the molecule is NCc1cnc(-c2ccc(OCC(O)CCl)cc2)s1. The average molecular weight is 299 g/mol. The summed E-state index contributed by atoms with van der Waals surface area (Å²) in [5, 5.41) is 10.2. The van der Waals surface area contributed by atoms with Gasteiger partial charge in [0.15, 0.2) is 0 Å². The smallest absolute Gasteiger partial charge is 0.123 e. The number of halogens is 1. The normalized spacial score (nSPS) is 12.4. The maximum Gasteiger partial charge on any atom is 0.123 e. The summed E-state index contributed by atoms with van der Waals surface area (Å²) >= 11 is 7.07. The van der Waals surface area contributed by atoms with Gasteiger partial charge in [-0.15, -0.1) is 22.9 Å². The second kappa shape index (κ2) is 6.86. The monoisotopic (exact) mass is 298 g/mol. The fraction of sp³-hybridized carbons (Fsp3) is 0.308. The van der Waals surface area contributed by atoms with Gasteiger partial charge in [-0.25, -0.2) is 4.98 Å². The first-order chi connectivity index (χ1) is 9.22. The average Bonchev–Trinajstić information content (AvgIpc) is 2.94. The third-order valence-corrected chi connectivity index (χ3v) is 3.90. The first-order valence-electron chi connectivity index (χ1n) is 5.85. The summed E-state index contributed by atoms with van der Waals surface area (Å²) in [5.41, 5.74) is 6.59. The van der Waals surface area contributed by atoms with Crippen molar-refractivity contribution in [2.45, 2.75) is 12.6 Å². The summed E-state index contributed by atoms with van der Waals surface area (Å²) in [6.45, 7) is 0.701. The Morgan fingerprint density at radius 2 is 2.11 bits per heavy atom. The highest BCUT2D eigenvalue weighted by Gasteiger charge is 2.06. The number of nitrogens with zero attached hydrogens (tertiary/aromatic N) is 1. The molecule has 0 spiro atoms. The summed E-state index contributed by atoms with van der Waals surface area (Å²) in [6.07, 6.45) is 1.15. The molecule has 0 aliphatic heterocycles. The first-order valence-corrected chi connectivity index (χ1v) is 7.20. The standard InChI is InChI=1S/C13H15ClN2O2S/c14-5-10(17)8-18-11-3-1-9(2-4-11)13-16-7-12(6-15)19-13/h1-4,7,10,17H,5-6,8,15H2. The number of benzene rings is 1. The minimum atomic E-state index is -0.646. The van der Waals surface area contributed by atoms with E-state index in [1.54, 1.807) is 17.5 Å². The molecule has 0 bridgehead atoms. The lowest BCUT2D eigenvalue weighted by Crippen LogP contribution is -2.18. The Morgan fingerprint density at radius 3 is 2.68 bits per heavy atom. The predicted molar refractivity (Wildman–Crippen MR) is 77.7 cm³/mol. The Bertz CT molecular complexity index is 516. The van der Waals surface area contributed by atoms with Crippen molar-refractivity contribution >= 4 is 22.9 Å². The van der Waals surface area contributed by atoms with E-state index in [1.165, 1.54) is 0 Å². The van der Waals surface area contributed by atoms with E-state index < -0.39 is 6.10 Å². The van der Waals surface area contributed by atoms with Gasteiger partial charge >= 0.3 is 0 Å². The highest BCUT2D eigenvalue weighted by atomic mass is 35.5. The molecule has 0 radical (unpaired) electrons. The molecule has 1 unspecified atom stereocenters. The van der Waals surface area contributed by atoms with Crippen LogP contribution in [0.3, 0.4) is 0 Å². The van der Waals surface area contributed by atoms with Crippen LogP contribution in [0.4, 0.5) is 0 Å². The fourth-order valence-electron chi connectivity index (χ4n) is 1.47. The van der Waals surface area contributed by atoms with Crippen LogP contribution in [0, 0.1) is 0 Å². The number of aliphatic hydroxyl groups is 1. The van der Waals surface area contributed by atoms with Gasteiger partial charge in [0.1, 0.15) is 23.5 Å². The number of rotatable bonds is 6. The van der Waals surface area contributed by atoms with Crippen molar-refractivity contribution < 1.29 is 9.84 Å². The maximum atomic E-state index is 9.30. The van der Waals surface area contributed by atoms with Crippen molar-refractivity contribution in [3.05, 3.63) is 35.3 Å². The van der Waals surface area contributed by atoms with Crippen molar-refractivity contribution in [2.24, 2.45) is 5.73 Å². The molecule has 19 heavy (non-hydrogen) atoms. The van der Waals surface area contributed by atoms with E-state index in [0.717, 1.165) is 15.4 Å². The van der Waals surface area contributed by atoms with Gasteiger partial charge in [0.05, 0.1) is 5.88 Å². The first kappa shape index (κ1) is 14.3. The molecule has 0 aliphatic rings. The molecule has 0 fully saturated rings. The Kier molecular flexibility index (Phi) is 5.15. The van der Waals surface area contributed by atoms with Gasteiger partial charge in [0, 0.05) is 23.2 Å². The van der Waals surface area contributed by atoms with E-state index >= 15 is 0 Å². The van der Waals surface area contributed by atoms with Crippen molar-refractivity contribution in [3.63, 3.8) is 0 Å². The number of aliphatic hydroxyl groups excluding tert-OH is 1. The molecule has 6 heteroatoms. The molecule has 102 valence electrons. The van der Waals surface area contributed by atoms with E-state index in [1.807, 2.05) is 24.3 Å². The molecule has 2 rings (SSSR count). The van der Waals surface area contributed by atoms with Gasteiger partial charge in [0.2, 0.25) is 0 Å². The number of aromatic nitrogens is 1. The van der Waals surface area contributed by atoms with Crippen LogP contribution in [-0.4, -0.2) is 28.7 Å². The minimum absolute atomic E-state index is 0.166. The lowest BCUT2D eigenvalue weighted by atomic mass is 10.2. The lowest BCUT2D eigenvalue weighted by Gasteiger charge is -2.09.